The summed E-state index contributed by atoms with van der Waals surface area (Å²) >= 11 is 0. The first-order chi connectivity index (χ1) is 20.3. The molecule has 0 bridgehead atoms. The Morgan fingerprint density at radius 3 is 2.32 bits per heavy atom. The summed E-state index contributed by atoms with van der Waals surface area (Å²) in [7, 11) is -0.532. The molecule has 2 heteroatoms. The van der Waals surface area contributed by atoms with Gasteiger partial charge < -0.3 is 4.42 Å². The minimum atomic E-state index is -0.532. The number of hydrogen-bond acceptors (Lipinski definition) is 1. The molecule has 0 saturated heterocycles. The van der Waals surface area contributed by atoms with Gasteiger partial charge in [-0.1, -0.05) is 117 Å². The van der Waals surface area contributed by atoms with E-state index in [-0.39, 0.29) is 5.92 Å². The fourth-order valence-electron chi connectivity index (χ4n) is 6.77. The first-order valence-electron chi connectivity index (χ1n) is 14.8. The van der Waals surface area contributed by atoms with Crippen LogP contribution >= 0.6 is 0 Å². The van der Waals surface area contributed by atoms with Crippen molar-refractivity contribution in [2.24, 2.45) is 0 Å². The second-order valence-corrected chi connectivity index (χ2v) is 14.0. The van der Waals surface area contributed by atoms with Crippen molar-refractivity contribution in [1.82, 2.24) is 0 Å². The summed E-state index contributed by atoms with van der Waals surface area (Å²) in [6.45, 7) is 4.68. The minimum Gasteiger partial charge on any atom is -0.464 e. The van der Waals surface area contributed by atoms with E-state index in [9.17, 15) is 0 Å². The van der Waals surface area contributed by atoms with Crippen molar-refractivity contribution in [3.8, 4) is 0 Å². The van der Waals surface area contributed by atoms with Crippen LogP contribution in [0.1, 0.15) is 70.0 Å². The van der Waals surface area contributed by atoms with Crippen LogP contribution in [0, 0.1) is 0 Å². The lowest BCUT2D eigenvalue weighted by atomic mass is 9.80. The van der Waals surface area contributed by atoms with E-state index >= 15 is 0 Å². The van der Waals surface area contributed by atoms with E-state index in [1.54, 1.807) is 6.26 Å². The molecule has 2 aliphatic rings. The molecule has 7 rings (SSSR count). The molecule has 1 nitrogen and oxygen atoms in total. The standard InChI is InChI=1S/C39H34OSi/c1-3-41(4-2)26-30-17-9-10-19-31(30)35-24-28-16-8-11-20-32(28)38(35)33-21-12-18-29-25-34(27-14-6-5-7-15-27)39(37(29)33)36-22-13-23-40-36/h5-24,26,38H,3-4,25H2,1-2H3. The predicted octanol–water partition coefficient (Wildman–Crippen LogP) is 9.75. The van der Waals surface area contributed by atoms with Gasteiger partial charge in [-0.15, -0.1) is 0 Å². The molecule has 4 aromatic carbocycles. The first kappa shape index (κ1) is 25.7. The molecule has 0 spiro atoms. The normalized spacial score (nSPS) is 15.5. The molecular formula is C39H34OSi. The lowest BCUT2D eigenvalue weighted by Gasteiger charge is -2.23. The third-order valence-corrected chi connectivity index (χ3v) is 11.3. The minimum absolute atomic E-state index is 0.148. The molecule has 1 atom stereocenters. The largest absolute Gasteiger partial charge is 0.464 e. The van der Waals surface area contributed by atoms with Gasteiger partial charge in [-0.05, 0) is 92.4 Å². The number of rotatable bonds is 7. The molecule has 2 aliphatic carbocycles. The first-order valence-corrected chi connectivity index (χ1v) is 16.8. The van der Waals surface area contributed by atoms with Gasteiger partial charge in [-0.25, -0.2) is 0 Å². The van der Waals surface area contributed by atoms with Crippen LogP contribution in [0.4, 0.5) is 0 Å². The maximum absolute atomic E-state index is 6.14. The van der Waals surface area contributed by atoms with Crippen LogP contribution in [0.15, 0.2) is 120 Å². The highest BCUT2D eigenvalue weighted by molar-refractivity contribution is 6.68. The Balaban J connectivity index is 1.47. The van der Waals surface area contributed by atoms with Gasteiger partial charge in [0.1, 0.15) is 5.76 Å². The zero-order chi connectivity index (χ0) is 27.8. The molecular weight excluding hydrogens is 513 g/mol. The average molecular weight is 547 g/mol. The van der Waals surface area contributed by atoms with Gasteiger partial charge in [0, 0.05) is 19.9 Å². The van der Waals surface area contributed by atoms with E-state index in [2.05, 4.69) is 129 Å². The lowest BCUT2D eigenvalue weighted by Crippen LogP contribution is -2.09. The highest BCUT2D eigenvalue weighted by Gasteiger charge is 2.35. The number of benzene rings is 4. The second-order valence-electron chi connectivity index (χ2n) is 11.0. The van der Waals surface area contributed by atoms with Crippen molar-refractivity contribution in [2.45, 2.75) is 38.3 Å². The molecule has 0 aliphatic heterocycles. The molecule has 0 fully saturated rings. The molecule has 1 heterocycles. The maximum atomic E-state index is 6.14. The van der Waals surface area contributed by atoms with E-state index in [0.29, 0.717) is 0 Å². The average Bonchev–Trinajstić information content (AvgIpc) is 3.77. The van der Waals surface area contributed by atoms with Crippen molar-refractivity contribution in [3.05, 3.63) is 166 Å². The Bertz CT molecular complexity index is 1810. The van der Waals surface area contributed by atoms with E-state index in [1.165, 1.54) is 73.3 Å². The zero-order valence-corrected chi connectivity index (χ0v) is 24.7. The van der Waals surface area contributed by atoms with E-state index in [1.807, 2.05) is 6.07 Å². The van der Waals surface area contributed by atoms with E-state index < -0.39 is 8.41 Å². The Morgan fingerprint density at radius 2 is 1.51 bits per heavy atom. The van der Waals surface area contributed by atoms with E-state index in [0.717, 1.165) is 12.2 Å². The fraction of sp³-hybridized carbons (Fsp3) is 0.154. The summed E-state index contributed by atoms with van der Waals surface area (Å²) in [6.07, 6.45) is 5.15. The number of allylic oxidation sites excluding steroid dienone is 2. The molecule has 41 heavy (non-hydrogen) atoms. The van der Waals surface area contributed by atoms with Gasteiger partial charge in [-0.3, -0.25) is 0 Å². The second kappa shape index (κ2) is 11.0. The van der Waals surface area contributed by atoms with Crippen molar-refractivity contribution >= 4 is 36.9 Å². The van der Waals surface area contributed by atoms with Crippen LogP contribution in [0.3, 0.4) is 0 Å². The molecule has 200 valence electrons. The number of fused-ring (bicyclic) bond motifs is 2. The Morgan fingerprint density at radius 1 is 0.756 bits per heavy atom. The summed E-state index contributed by atoms with van der Waals surface area (Å²) in [5.41, 5.74) is 17.3. The van der Waals surface area contributed by atoms with Crippen molar-refractivity contribution < 1.29 is 4.42 Å². The summed E-state index contributed by atoms with van der Waals surface area (Å²) in [6, 6.07) is 42.4. The van der Waals surface area contributed by atoms with Crippen molar-refractivity contribution in [1.29, 1.82) is 0 Å². The highest BCUT2D eigenvalue weighted by atomic mass is 28.2. The molecule has 0 amide bonds. The Labute approximate surface area is 244 Å². The number of hydrogen-bond donors (Lipinski definition) is 0. The van der Waals surface area contributed by atoms with Gasteiger partial charge in [0.05, 0.1) is 6.26 Å². The summed E-state index contributed by atoms with van der Waals surface area (Å²) < 4.78 is 6.14. The third kappa shape index (κ3) is 4.53. The summed E-state index contributed by atoms with van der Waals surface area (Å²) in [4.78, 5) is 0. The van der Waals surface area contributed by atoms with Gasteiger partial charge in [-0.2, -0.15) is 0 Å². The molecule has 5 aromatic rings. The fourth-order valence-corrected chi connectivity index (χ4v) is 8.37. The lowest BCUT2D eigenvalue weighted by molar-refractivity contribution is 0.554. The Hall–Kier alpha value is -4.27. The van der Waals surface area contributed by atoms with Crippen LogP contribution < -0.4 is 0 Å². The van der Waals surface area contributed by atoms with Gasteiger partial charge in [0.2, 0.25) is 0 Å². The highest BCUT2D eigenvalue weighted by Crippen LogP contribution is 2.52. The summed E-state index contributed by atoms with van der Waals surface area (Å²) in [5.74, 6) is 1.09. The smallest absolute Gasteiger partial charge is 0.134 e. The van der Waals surface area contributed by atoms with Gasteiger partial charge >= 0.3 is 0 Å². The monoisotopic (exact) mass is 546 g/mol. The zero-order valence-electron chi connectivity index (χ0n) is 23.7. The molecule has 1 aromatic heterocycles. The third-order valence-electron chi connectivity index (χ3n) is 8.77. The van der Waals surface area contributed by atoms with Crippen LogP contribution in [0.5, 0.6) is 0 Å². The maximum Gasteiger partial charge on any atom is 0.134 e. The SMILES string of the molecule is CC[Si](=Cc1ccccc1C1=Cc2ccccc2C1c1cccc2c1C(c1ccco1)=C(c1ccccc1)C2)CC. The topological polar surface area (TPSA) is 13.1 Å². The van der Waals surface area contributed by atoms with Gasteiger partial charge in [0.25, 0.3) is 0 Å². The predicted molar refractivity (Wildman–Crippen MR) is 176 cm³/mol. The van der Waals surface area contributed by atoms with Crippen molar-refractivity contribution in [3.63, 3.8) is 0 Å². The van der Waals surface area contributed by atoms with Gasteiger partial charge in [0.15, 0.2) is 0 Å². The van der Waals surface area contributed by atoms with Crippen LogP contribution in [0.25, 0.3) is 22.8 Å². The molecule has 1 unspecified atom stereocenters. The molecule has 0 saturated carbocycles. The van der Waals surface area contributed by atoms with Crippen LogP contribution in [-0.2, 0) is 6.42 Å². The Kier molecular flexibility index (Phi) is 6.86. The molecule has 0 N–H and O–H groups in total. The van der Waals surface area contributed by atoms with Crippen LogP contribution in [-0.4, -0.2) is 14.1 Å². The van der Waals surface area contributed by atoms with E-state index in [4.69, 9.17) is 4.42 Å². The quantitative estimate of drug-likeness (QED) is 0.185. The van der Waals surface area contributed by atoms with Crippen molar-refractivity contribution in [2.75, 3.05) is 0 Å². The molecule has 0 radical (unpaired) electrons. The van der Waals surface area contributed by atoms with Crippen LogP contribution in [0.2, 0.25) is 12.1 Å². The number of furan rings is 1. The summed E-state index contributed by atoms with van der Waals surface area (Å²) in [5, 5.41) is 0.